The maximum Gasteiger partial charge on any atom is 0.0139 e. The molecule has 14 heavy (non-hydrogen) atoms. The van der Waals surface area contributed by atoms with Gasteiger partial charge in [-0.25, -0.2) is 0 Å². The third-order valence-corrected chi connectivity index (χ3v) is 2.56. The highest BCUT2D eigenvalue weighted by molar-refractivity contribution is 4.75. The van der Waals surface area contributed by atoms with E-state index in [1.165, 1.54) is 0 Å². The van der Waals surface area contributed by atoms with Gasteiger partial charge in [0.1, 0.15) is 0 Å². The van der Waals surface area contributed by atoms with Crippen LogP contribution in [-0.2, 0) is 0 Å². The summed E-state index contributed by atoms with van der Waals surface area (Å²) in [6.45, 7) is 10.7. The number of nitrogens with two attached hydrogens (primary N) is 2. The molecule has 0 aromatic carbocycles. The van der Waals surface area contributed by atoms with Crippen molar-refractivity contribution >= 4 is 0 Å². The topological polar surface area (TPSA) is 58.5 Å². The van der Waals surface area contributed by atoms with Gasteiger partial charge in [-0.15, -0.1) is 0 Å². The van der Waals surface area contributed by atoms with E-state index in [-0.39, 0.29) is 12.1 Å². The van der Waals surface area contributed by atoms with E-state index in [0.29, 0.717) is 0 Å². The number of hydrogen-bond acceptors (Lipinski definition) is 4. The molecule has 1 aliphatic rings. The SMILES string of the molecule is CC(N)CN1CCN(CC(C)N)CC1. The second-order valence-corrected chi connectivity index (χ2v) is 4.56. The summed E-state index contributed by atoms with van der Waals surface area (Å²) in [6, 6.07) is 0.574. The summed E-state index contributed by atoms with van der Waals surface area (Å²) < 4.78 is 0. The Bertz CT molecular complexity index is 132. The molecule has 0 aromatic heterocycles. The summed E-state index contributed by atoms with van der Waals surface area (Å²) >= 11 is 0. The van der Waals surface area contributed by atoms with Gasteiger partial charge in [-0.1, -0.05) is 0 Å². The molecule has 2 atom stereocenters. The largest absolute Gasteiger partial charge is 0.327 e. The first kappa shape index (κ1) is 11.9. The Morgan fingerprint density at radius 1 is 0.857 bits per heavy atom. The highest BCUT2D eigenvalue weighted by Gasteiger charge is 2.17. The maximum atomic E-state index is 5.76. The lowest BCUT2D eigenvalue weighted by molar-refractivity contribution is 0.125. The number of hydrogen-bond donors (Lipinski definition) is 2. The number of rotatable bonds is 4. The first-order chi connectivity index (χ1) is 6.58. The summed E-state index contributed by atoms with van der Waals surface area (Å²) in [6.07, 6.45) is 0. The van der Waals surface area contributed by atoms with Gasteiger partial charge >= 0.3 is 0 Å². The van der Waals surface area contributed by atoms with E-state index in [1.54, 1.807) is 0 Å². The van der Waals surface area contributed by atoms with Gasteiger partial charge in [-0.3, -0.25) is 9.80 Å². The van der Waals surface area contributed by atoms with Gasteiger partial charge in [0.15, 0.2) is 0 Å². The van der Waals surface area contributed by atoms with Crippen LogP contribution in [0.25, 0.3) is 0 Å². The average molecular weight is 200 g/mol. The van der Waals surface area contributed by atoms with Gasteiger partial charge in [-0.05, 0) is 13.8 Å². The molecule has 0 spiro atoms. The van der Waals surface area contributed by atoms with Gasteiger partial charge in [0.2, 0.25) is 0 Å². The van der Waals surface area contributed by atoms with Crippen LogP contribution in [0.2, 0.25) is 0 Å². The van der Waals surface area contributed by atoms with Gasteiger partial charge in [0, 0.05) is 51.4 Å². The van der Waals surface area contributed by atoms with Crippen molar-refractivity contribution in [2.45, 2.75) is 25.9 Å². The quantitative estimate of drug-likeness (QED) is 0.630. The minimum atomic E-state index is 0.287. The second kappa shape index (κ2) is 5.66. The molecule has 0 aliphatic carbocycles. The van der Waals surface area contributed by atoms with Crippen LogP contribution in [-0.4, -0.2) is 61.2 Å². The number of piperazine rings is 1. The van der Waals surface area contributed by atoms with Crippen LogP contribution in [0, 0.1) is 0 Å². The highest BCUT2D eigenvalue weighted by Crippen LogP contribution is 2.02. The Kier molecular flexibility index (Phi) is 4.81. The van der Waals surface area contributed by atoms with Crippen molar-refractivity contribution in [1.82, 2.24) is 9.80 Å². The average Bonchev–Trinajstić information content (AvgIpc) is 2.06. The Labute approximate surface area is 87.2 Å². The van der Waals surface area contributed by atoms with Crippen molar-refractivity contribution in [3.05, 3.63) is 0 Å². The van der Waals surface area contributed by atoms with Crippen LogP contribution in [0.1, 0.15) is 13.8 Å². The molecule has 1 rings (SSSR count). The van der Waals surface area contributed by atoms with Crippen LogP contribution in [0.3, 0.4) is 0 Å². The molecular weight excluding hydrogens is 176 g/mol. The van der Waals surface area contributed by atoms with Crippen LogP contribution >= 0.6 is 0 Å². The molecule has 1 aliphatic heterocycles. The van der Waals surface area contributed by atoms with E-state index in [0.717, 1.165) is 39.3 Å². The second-order valence-electron chi connectivity index (χ2n) is 4.56. The van der Waals surface area contributed by atoms with Crippen molar-refractivity contribution in [2.75, 3.05) is 39.3 Å². The molecule has 2 unspecified atom stereocenters. The molecule has 4 heteroatoms. The van der Waals surface area contributed by atoms with Crippen LogP contribution in [0.15, 0.2) is 0 Å². The first-order valence-corrected chi connectivity index (χ1v) is 5.54. The minimum Gasteiger partial charge on any atom is -0.327 e. The summed E-state index contributed by atoms with van der Waals surface area (Å²) in [5.74, 6) is 0. The molecule has 1 heterocycles. The monoisotopic (exact) mass is 200 g/mol. The molecule has 0 bridgehead atoms. The summed E-state index contributed by atoms with van der Waals surface area (Å²) in [4.78, 5) is 4.87. The van der Waals surface area contributed by atoms with Crippen molar-refractivity contribution < 1.29 is 0 Å². The zero-order chi connectivity index (χ0) is 10.6. The lowest BCUT2D eigenvalue weighted by Crippen LogP contribution is -2.51. The smallest absolute Gasteiger partial charge is 0.0139 e. The fourth-order valence-corrected chi connectivity index (χ4v) is 1.97. The Hall–Kier alpha value is -0.160. The van der Waals surface area contributed by atoms with Gasteiger partial charge < -0.3 is 11.5 Å². The maximum absolute atomic E-state index is 5.76. The molecule has 1 fully saturated rings. The highest BCUT2D eigenvalue weighted by atomic mass is 15.3. The molecule has 0 aromatic rings. The molecular formula is C10H24N4. The standard InChI is InChI=1S/C10H24N4/c1-9(11)7-13-3-5-14(6-4-13)8-10(2)12/h9-10H,3-8,11-12H2,1-2H3. The van der Waals surface area contributed by atoms with E-state index < -0.39 is 0 Å². The van der Waals surface area contributed by atoms with E-state index in [1.807, 2.05) is 0 Å². The molecule has 0 amide bonds. The zero-order valence-electron chi connectivity index (χ0n) is 9.45. The van der Waals surface area contributed by atoms with Crippen molar-refractivity contribution in [3.8, 4) is 0 Å². The Morgan fingerprint density at radius 2 is 1.14 bits per heavy atom. The van der Waals surface area contributed by atoms with E-state index in [9.17, 15) is 0 Å². The van der Waals surface area contributed by atoms with Crippen LogP contribution in [0.4, 0.5) is 0 Å². The third-order valence-electron chi connectivity index (χ3n) is 2.56. The predicted octanol–water partition coefficient (Wildman–Crippen LogP) is -0.702. The van der Waals surface area contributed by atoms with Crippen LogP contribution in [0.5, 0.6) is 0 Å². The zero-order valence-corrected chi connectivity index (χ0v) is 9.45. The minimum absolute atomic E-state index is 0.287. The molecule has 0 saturated carbocycles. The fourth-order valence-electron chi connectivity index (χ4n) is 1.97. The number of nitrogens with zero attached hydrogens (tertiary/aromatic N) is 2. The third kappa shape index (κ3) is 4.37. The van der Waals surface area contributed by atoms with E-state index >= 15 is 0 Å². The van der Waals surface area contributed by atoms with Crippen LogP contribution < -0.4 is 11.5 Å². The first-order valence-electron chi connectivity index (χ1n) is 5.54. The Morgan fingerprint density at radius 3 is 1.36 bits per heavy atom. The van der Waals surface area contributed by atoms with Gasteiger partial charge in [0.25, 0.3) is 0 Å². The normalized spacial score (nSPS) is 24.9. The Balaban J connectivity index is 2.17. The van der Waals surface area contributed by atoms with Crippen molar-refractivity contribution in [3.63, 3.8) is 0 Å². The van der Waals surface area contributed by atoms with Crippen molar-refractivity contribution in [1.29, 1.82) is 0 Å². The molecule has 0 radical (unpaired) electrons. The summed E-state index contributed by atoms with van der Waals surface area (Å²) in [5, 5.41) is 0. The predicted molar refractivity (Wildman–Crippen MR) is 60.2 cm³/mol. The lowest BCUT2D eigenvalue weighted by Gasteiger charge is -2.36. The molecule has 1 saturated heterocycles. The van der Waals surface area contributed by atoms with E-state index in [4.69, 9.17) is 11.5 Å². The summed E-state index contributed by atoms with van der Waals surface area (Å²) in [7, 11) is 0. The van der Waals surface area contributed by atoms with Crippen molar-refractivity contribution in [2.24, 2.45) is 11.5 Å². The summed E-state index contributed by atoms with van der Waals surface area (Å²) in [5.41, 5.74) is 11.5. The molecule has 4 N–H and O–H groups in total. The molecule has 84 valence electrons. The van der Waals surface area contributed by atoms with Gasteiger partial charge in [-0.2, -0.15) is 0 Å². The molecule has 4 nitrogen and oxygen atoms in total. The fraction of sp³-hybridized carbons (Fsp3) is 1.00. The lowest BCUT2D eigenvalue weighted by atomic mass is 10.2. The van der Waals surface area contributed by atoms with Gasteiger partial charge in [0.05, 0.1) is 0 Å². The van der Waals surface area contributed by atoms with E-state index in [2.05, 4.69) is 23.6 Å².